The smallest absolute Gasteiger partial charge is 0.0431 e. The zero-order valence-electron chi connectivity index (χ0n) is 12.9. The summed E-state index contributed by atoms with van der Waals surface area (Å²) in [6.45, 7) is 11.1. The van der Waals surface area contributed by atoms with E-state index in [1.54, 1.807) is 0 Å². The summed E-state index contributed by atoms with van der Waals surface area (Å²) in [6, 6.07) is 8.86. The van der Waals surface area contributed by atoms with Gasteiger partial charge in [-0.3, -0.25) is 0 Å². The van der Waals surface area contributed by atoms with Gasteiger partial charge in [-0.1, -0.05) is 52.0 Å². The number of benzene rings is 1. The van der Waals surface area contributed by atoms with Crippen LogP contribution in [0, 0.1) is 5.41 Å². The van der Waals surface area contributed by atoms with Gasteiger partial charge >= 0.3 is 0 Å². The summed E-state index contributed by atoms with van der Waals surface area (Å²) in [4.78, 5) is 0. The van der Waals surface area contributed by atoms with Gasteiger partial charge in [0.05, 0.1) is 0 Å². The van der Waals surface area contributed by atoms with E-state index in [1.165, 1.54) is 11.1 Å². The highest BCUT2D eigenvalue weighted by molar-refractivity contribution is 5.24. The van der Waals surface area contributed by atoms with Crippen molar-refractivity contribution in [2.75, 3.05) is 13.2 Å². The highest BCUT2D eigenvalue weighted by atomic mass is 16.2. The Bertz CT molecular complexity index is 354. The molecule has 0 heterocycles. The molecule has 2 heteroatoms. The van der Waals surface area contributed by atoms with Crippen molar-refractivity contribution in [1.82, 2.24) is 5.32 Å². The largest absolute Gasteiger partial charge is 0.396 e. The molecule has 0 radical (unpaired) electrons. The zero-order valence-corrected chi connectivity index (χ0v) is 12.9. The van der Waals surface area contributed by atoms with Crippen LogP contribution in [-0.2, 0) is 6.54 Å². The van der Waals surface area contributed by atoms with Gasteiger partial charge in [-0.25, -0.2) is 0 Å². The first-order chi connectivity index (χ1) is 8.94. The molecular weight excluding hydrogens is 234 g/mol. The minimum absolute atomic E-state index is 0.251. The Morgan fingerprint density at radius 3 is 2.32 bits per heavy atom. The monoisotopic (exact) mass is 263 g/mol. The zero-order chi connectivity index (χ0) is 14.3. The summed E-state index contributed by atoms with van der Waals surface area (Å²) in [6.07, 6.45) is 1.94. The Balaban J connectivity index is 2.36. The number of rotatable bonds is 8. The molecule has 2 nitrogen and oxygen atoms in total. The molecule has 0 amide bonds. The second kappa shape index (κ2) is 7.66. The second-order valence-corrected chi connectivity index (χ2v) is 6.49. The third-order valence-electron chi connectivity index (χ3n) is 3.59. The van der Waals surface area contributed by atoms with Crippen molar-refractivity contribution < 1.29 is 5.11 Å². The molecule has 2 N–H and O–H groups in total. The molecule has 0 aliphatic carbocycles. The van der Waals surface area contributed by atoms with Crippen LogP contribution in [0.2, 0.25) is 0 Å². The topological polar surface area (TPSA) is 32.3 Å². The van der Waals surface area contributed by atoms with Crippen LogP contribution in [0.3, 0.4) is 0 Å². The van der Waals surface area contributed by atoms with E-state index in [2.05, 4.69) is 57.3 Å². The summed E-state index contributed by atoms with van der Waals surface area (Å²) in [5, 5.41) is 12.4. The van der Waals surface area contributed by atoms with Crippen LogP contribution in [0.1, 0.15) is 57.6 Å². The third-order valence-corrected chi connectivity index (χ3v) is 3.59. The molecule has 1 aromatic rings. The molecule has 0 fully saturated rings. The summed E-state index contributed by atoms with van der Waals surface area (Å²) in [5.41, 5.74) is 2.98. The van der Waals surface area contributed by atoms with Crippen molar-refractivity contribution in [3.05, 3.63) is 35.4 Å². The lowest BCUT2D eigenvalue weighted by Gasteiger charge is -2.24. The van der Waals surface area contributed by atoms with Crippen LogP contribution in [0.25, 0.3) is 0 Å². The standard InChI is InChI=1S/C17H29NO/c1-14(2)16-8-6-15(7-9-16)12-18-13-17(3,4)10-5-11-19/h6-9,14,18-19H,5,10-13H2,1-4H3. The Labute approximate surface area is 118 Å². The summed E-state index contributed by atoms with van der Waals surface area (Å²) >= 11 is 0. The number of aliphatic hydroxyl groups excluding tert-OH is 1. The van der Waals surface area contributed by atoms with Crippen LogP contribution in [0.4, 0.5) is 0 Å². The Morgan fingerprint density at radius 2 is 1.79 bits per heavy atom. The fourth-order valence-corrected chi connectivity index (χ4v) is 2.21. The van der Waals surface area contributed by atoms with E-state index in [0.717, 1.165) is 25.9 Å². The normalized spacial score (nSPS) is 12.1. The molecular formula is C17H29NO. The summed E-state index contributed by atoms with van der Waals surface area (Å²) < 4.78 is 0. The van der Waals surface area contributed by atoms with E-state index >= 15 is 0 Å². The van der Waals surface area contributed by atoms with Gasteiger partial charge in [0.2, 0.25) is 0 Å². The lowest BCUT2D eigenvalue weighted by atomic mass is 9.88. The molecule has 108 valence electrons. The van der Waals surface area contributed by atoms with Crippen molar-refractivity contribution in [3.8, 4) is 0 Å². The number of aliphatic hydroxyl groups is 1. The average Bonchev–Trinajstić information content (AvgIpc) is 2.37. The van der Waals surface area contributed by atoms with E-state index in [-0.39, 0.29) is 5.41 Å². The molecule has 0 saturated carbocycles. The molecule has 1 rings (SSSR count). The molecule has 0 bridgehead atoms. The first-order valence-electron chi connectivity index (χ1n) is 7.35. The summed E-state index contributed by atoms with van der Waals surface area (Å²) in [5.74, 6) is 0.597. The molecule has 0 unspecified atom stereocenters. The van der Waals surface area contributed by atoms with Gasteiger partial charge in [0.25, 0.3) is 0 Å². The molecule has 0 aromatic heterocycles. The fourth-order valence-electron chi connectivity index (χ4n) is 2.21. The Morgan fingerprint density at radius 1 is 1.16 bits per heavy atom. The van der Waals surface area contributed by atoms with Gasteiger partial charge in [0.1, 0.15) is 0 Å². The highest BCUT2D eigenvalue weighted by Crippen LogP contribution is 2.21. The summed E-state index contributed by atoms with van der Waals surface area (Å²) in [7, 11) is 0. The average molecular weight is 263 g/mol. The number of hydrogen-bond donors (Lipinski definition) is 2. The predicted molar refractivity (Wildman–Crippen MR) is 82.3 cm³/mol. The van der Waals surface area contributed by atoms with Crippen molar-refractivity contribution in [2.45, 2.75) is 53.0 Å². The molecule has 0 spiro atoms. The van der Waals surface area contributed by atoms with Crippen LogP contribution in [0.15, 0.2) is 24.3 Å². The maximum atomic E-state index is 8.88. The van der Waals surface area contributed by atoms with Crippen molar-refractivity contribution in [2.24, 2.45) is 5.41 Å². The van der Waals surface area contributed by atoms with Crippen molar-refractivity contribution in [3.63, 3.8) is 0 Å². The van der Waals surface area contributed by atoms with Crippen molar-refractivity contribution >= 4 is 0 Å². The Kier molecular flexibility index (Phi) is 6.53. The van der Waals surface area contributed by atoms with E-state index in [4.69, 9.17) is 5.11 Å². The quantitative estimate of drug-likeness (QED) is 0.749. The molecule has 0 aliphatic rings. The van der Waals surface area contributed by atoms with Gasteiger partial charge in [0, 0.05) is 19.7 Å². The Hall–Kier alpha value is -0.860. The molecule has 0 aliphatic heterocycles. The third kappa shape index (κ3) is 6.22. The van der Waals surface area contributed by atoms with E-state index < -0.39 is 0 Å². The molecule has 0 saturated heterocycles. The van der Waals surface area contributed by atoms with Gasteiger partial charge in [-0.2, -0.15) is 0 Å². The van der Waals surface area contributed by atoms with Crippen LogP contribution >= 0.6 is 0 Å². The van der Waals surface area contributed by atoms with Crippen molar-refractivity contribution in [1.29, 1.82) is 0 Å². The van der Waals surface area contributed by atoms with Gasteiger partial charge in [-0.05, 0) is 35.3 Å². The molecule has 1 aromatic carbocycles. The van der Waals surface area contributed by atoms with E-state index in [0.29, 0.717) is 12.5 Å². The van der Waals surface area contributed by atoms with Gasteiger partial charge in [0.15, 0.2) is 0 Å². The maximum Gasteiger partial charge on any atom is 0.0431 e. The van der Waals surface area contributed by atoms with Crippen LogP contribution < -0.4 is 5.32 Å². The maximum absolute atomic E-state index is 8.88. The lowest BCUT2D eigenvalue weighted by Crippen LogP contribution is -2.29. The first kappa shape index (κ1) is 16.2. The molecule has 19 heavy (non-hydrogen) atoms. The SMILES string of the molecule is CC(C)c1ccc(CNCC(C)(C)CCCO)cc1. The van der Waals surface area contributed by atoms with Crippen LogP contribution in [0.5, 0.6) is 0 Å². The minimum Gasteiger partial charge on any atom is -0.396 e. The number of nitrogens with one attached hydrogen (secondary N) is 1. The second-order valence-electron chi connectivity index (χ2n) is 6.49. The fraction of sp³-hybridized carbons (Fsp3) is 0.647. The lowest BCUT2D eigenvalue weighted by molar-refractivity contribution is 0.236. The van der Waals surface area contributed by atoms with E-state index in [1.807, 2.05) is 0 Å². The van der Waals surface area contributed by atoms with Crippen LogP contribution in [-0.4, -0.2) is 18.3 Å². The first-order valence-corrected chi connectivity index (χ1v) is 7.35. The number of hydrogen-bond acceptors (Lipinski definition) is 2. The van der Waals surface area contributed by atoms with E-state index in [9.17, 15) is 0 Å². The highest BCUT2D eigenvalue weighted by Gasteiger charge is 2.16. The van der Waals surface area contributed by atoms with Gasteiger partial charge in [-0.15, -0.1) is 0 Å². The molecule has 0 atom stereocenters. The minimum atomic E-state index is 0.251. The van der Waals surface area contributed by atoms with Gasteiger partial charge < -0.3 is 10.4 Å². The predicted octanol–water partition coefficient (Wildman–Crippen LogP) is 3.70.